The van der Waals surface area contributed by atoms with Crippen molar-refractivity contribution in [3.05, 3.63) is 65.3 Å². The number of hydrogen-bond donors (Lipinski definition) is 0. The number of piperazine rings is 1. The molecule has 2 heterocycles. The van der Waals surface area contributed by atoms with Crippen LogP contribution in [0.3, 0.4) is 0 Å². The van der Waals surface area contributed by atoms with Crippen LogP contribution in [0.15, 0.2) is 46.9 Å². The zero-order chi connectivity index (χ0) is 18.8. The second-order valence-electron chi connectivity index (χ2n) is 7.03. The van der Waals surface area contributed by atoms with Gasteiger partial charge in [-0.1, -0.05) is 24.3 Å². The van der Waals surface area contributed by atoms with Gasteiger partial charge in [-0.2, -0.15) is 0 Å². The van der Waals surface area contributed by atoms with E-state index in [1.165, 1.54) is 22.9 Å². The summed E-state index contributed by atoms with van der Waals surface area (Å²) in [5.74, 6) is 0.403. The number of rotatable bonds is 4. The molecule has 27 heavy (non-hydrogen) atoms. The van der Waals surface area contributed by atoms with Crippen LogP contribution in [0.1, 0.15) is 17.0 Å². The van der Waals surface area contributed by atoms with Crippen molar-refractivity contribution in [2.45, 2.75) is 20.4 Å². The van der Waals surface area contributed by atoms with Gasteiger partial charge in [-0.15, -0.1) is 10.2 Å². The van der Waals surface area contributed by atoms with Crippen LogP contribution in [0, 0.1) is 19.7 Å². The third-order valence-electron chi connectivity index (χ3n) is 5.01. The first-order valence-electron chi connectivity index (χ1n) is 9.22. The monoisotopic (exact) mass is 366 g/mol. The fourth-order valence-corrected chi connectivity index (χ4v) is 3.46. The highest BCUT2D eigenvalue weighted by molar-refractivity contribution is 5.55. The average molecular weight is 366 g/mol. The molecular weight excluding hydrogens is 343 g/mol. The number of halogens is 1. The topological polar surface area (TPSA) is 45.4 Å². The number of nitrogens with zero attached hydrogens (tertiary/aromatic N) is 4. The summed E-state index contributed by atoms with van der Waals surface area (Å²) in [7, 11) is 0. The Labute approximate surface area is 158 Å². The van der Waals surface area contributed by atoms with Crippen LogP contribution >= 0.6 is 0 Å². The first-order chi connectivity index (χ1) is 13.1. The van der Waals surface area contributed by atoms with Crippen LogP contribution in [-0.4, -0.2) is 41.3 Å². The molecule has 5 nitrogen and oxygen atoms in total. The van der Waals surface area contributed by atoms with Crippen molar-refractivity contribution < 1.29 is 8.81 Å². The Morgan fingerprint density at radius 3 is 2.56 bits per heavy atom. The lowest BCUT2D eigenvalue weighted by Crippen LogP contribution is -2.46. The van der Waals surface area contributed by atoms with Gasteiger partial charge in [0.15, 0.2) is 0 Å². The van der Waals surface area contributed by atoms with E-state index in [4.69, 9.17) is 4.42 Å². The second-order valence-corrected chi connectivity index (χ2v) is 7.03. The van der Waals surface area contributed by atoms with Crippen LogP contribution < -0.4 is 4.90 Å². The third-order valence-corrected chi connectivity index (χ3v) is 5.01. The minimum absolute atomic E-state index is 0.233. The van der Waals surface area contributed by atoms with Gasteiger partial charge >= 0.3 is 0 Å². The highest BCUT2D eigenvalue weighted by atomic mass is 19.1. The fourth-order valence-electron chi connectivity index (χ4n) is 3.46. The van der Waals surface area contributed by atoms with Gasteiger partial charge in [-0.3, -0.25) is 4.90 Å². The molecule has 1 aliphatic heterocycles. The SMILES string of the molecule is Cc1ccc(C)c(N2CCN(Cc3nnc(-c4ccccc4F)o3)CC2)c1. The first kappa shape index (κ1) is 17.7. The lowest BCUT2D eigenvalue weighted by molar-refractivity contribution is 0.227. The zero-order valence-electron chi connectivity index (χ0n) is 15.7. The molecule has 3 aromatic rings. The Kier molecular flexibility index (Phi) is 4.90. The normalized spacial score (nSPS) is 15.3. The fraction of sp³-hybridized carbons (Fsp3) is 0.333. The Morgan fingerprint density at radius 1 is 1.00 bits per heavy atom. The van der Waals surface area contributed by atoms with E-state index in [-0.39, 0.29) is 11.7 Å². The van der Waals surface area contributed by atoms with Crippen molar-refractivity contribution in [1.82, 2.24) is 15.1 Å². The highest BCUT2D eigenvalue weighted by Gasteiger charge is 2.21. The van der Waals surface area contributed by atoms with Gasteiger partial charge in [0.05, 0.1) is 12.1 Å². The Morgan fingerprint density at radius 2 is 1.78 bits per heavy atom. The Hall–Kier alpha value is -2.73. The van der Waals surface area contributed by atoms with Crippen molar-refractivity contribution >= 4 is 5.69 Å². The molecule has 1 fully saturated rings. The van der Waals surface area contributed by atoms with Crippen molar-refractivity contribution in [2.75, 3.05) is 31.1 Å². The Balaban J connectivity index is 1.39. The summed E-state index contributed by atoms with van der Waals surface area (Å²) in [6.45, 7) is 8.63. The molecule has 1 aliphatic rings. The molecule has 0 bridgehead atoms. The molecule has 6 heteroatoms. The van der Waals surface area contributed by atoms with E-state index in [1.54, 1.807) is 18.2 Å². The predicted molar refractivity (Wildman–Crippen MR) is 103 cm³/mol. The summed E-state index contributed by atoms with van der Waals surface area (Å²) in [5.41, 5.74) is 4.25. The lowest BCUT2D eigenvalue weighted by atomic mass is 10.1. The largest absolute Gasteiger partial charge is 0.419 e. The maximum Gasteiger partial charge on any atom is 0.250 e. The first-order valence-corrected chi connectivity index (χ1v) is 9.22. The minimum atomic E-state index is -0.352. The third kappa shape index (κ3) is 3.85. The molecule has 1 saturated heterocycles. The van der Waals surface area contributed by atoms with Crippen LogP contribution in [0.4, 0.5) is 10.1 Å². The van der Waals surface area contributed by atoms with E-state index < -0.39 is 0 Å². The Bertz CT molecular complexity index is 931. The van der Waals surface area contributed by atoms with Crippen molar-refractivity contribution in [3.63, 3.8) is 0 Å². The quantitative estimate of drug-likeness (QED) is 0.702. The molecule has 0 aliphatic carbocycles. The molecule has 2 aromatic carbocycles. The number of aryl methyl sites for hydroxylation is 2. The van der Waals surface area contributed by atoms with E-state index in [0.717, 1.165) is 26.2 Å². The summed E-state index contributed by atoms with van der Waals surface area (Å²) < 4.78 is 19.5. The summed E-state index contributed by atoms with van der Waals surface area (Å²) >= 11 is 0. The van der Waals surface area contributed by atoms with E-state index in [1.807, 2.05) is 0 Å². The van der Waals surface area contributed by atoms with Gasteiger partial charge < -0.3 is 9.32 Å². The molecule has 0 N–H and O–H groups in total. The van der Waals surface area contributed by atoms with Gasteiger partial charge in [-0.25, -0.2) is 4.39 Å². The second kappa shape index (κ2) is 7.48. The molecule has 4 rings (SSSR count). The van der Waals surface area contributed by atoms with E-state index >= 15 is 0 Å². The number of aromatic nitrogens is 2. The van der Waals surface area contributed by atoms with E-state index in [2.05, 4.69) is 52.0 Å². The van der Waals surface area contributed by atoms with Crippen molar-refractivity contribution in [2.24, 2.45) is 0 Å². The summed E-state index contributed by atoms with van der Waals surface area (Å²) in [4.78, 5) is 4.72. The molecule has 0 unspecified atom stereocenters. The average Bonchev–Trinajstić information content (AvgIpc) is 3.13. The van der Waals surface area contributed by atoms with Crippen LogP contribution in [0.2, 0.25) is 0 Å². The van der Waals surface area contributed by atoms with E-state index in [0.29, 0.717) is 18.0 Å². The van der Waals surface area contributed by atoms with Crippen LogP contribution in [0.25, 0.3) is 11.5 Å². The number of hydrogen-bond acceptors (Lipinski definition) is 5. The molecule has 0 amide bonds. The van der Waals surface area contributed by atoms with Gasteiger partial charge in [-0.05, 0) is 43.2 Å². The van der Waals surface area contributed by atoms with Gasteiger partial charge in [0, 0.05) is 31.9 Å². The molecule has 0 saturated carbocycles. The maximum absolute atomic E-state index is 13.9. The number of benzene rings is 2. The van der Waals surface area contributed by atoms with E-state index in [9.17, 15) is 4.39 Å². The lowest BCUT2D eigenvalue weighted by Gasteiger charge is -2.36. The molecule has 140 valence electrons. The summed E-state index contributed by atoms with van der Waals surface area (Å²) in [5, 5.41) is 8.09. The number of anilines is 1. The predicted octanol–water partition coefficient (Wildman–Crippen LogP) is 3.81. The van der Waals surface area contributed by atoms with Crippen molar-refractivity contribution in [3.8, 4) is 11.5 Å². The molecule has 0 radical (unpaired) electrons. The van der Waals surface area contributed by atoms with Crippen LogP contribution in [0.5, 0.6) is 0 Å². The van der Waals surface area contributed by atoms with Gasteiger partial charge in [0.2, 0.25) is 5.89 Å². The molecular formula is C21H23FN4O. The molecule has 1 aromatic heterocycles. The molecule has 0 spiro atoms. The van der Waals surface area contributed by atoms with Crippen molar-refractivity contribution in [1.29, 1.82) is 0 Å². The standard InChI is InChI=1S/C21H23FN4O/c1-15-7-8-16(2)19(13-15)26-11-9-25(10-12-26)14-20-23-24-21(27-20)17-5-3-4-6-18(17)22/h3-8,13H,9-12,14H2,1-2H3. The van der Waals surface area contributed by atoms with Gasteiger partial charge in [0.1, 0.15) is 5.82 Å². The highest BCUT2D eigenvalue weighted by Crippen LogP contribution is 2.24. The van der Waals surface area contributed by atoms with Gasteiger partial charge in [0.25, 0.3) is 5.89 Å². The summed E-state index contributed by atoms with van der Waals surface area (Å²) in [6.07, 6.45) is 0. The smallest absolute Gasteiger partial charge is 0.250 e. The summed E-state index contributed by atoms with van der Waals surface area (Å²) in [6, 6.07) is 13.0. The zero-order valence-corrected chi connectivity index (χ0v) is 15.7. The minimum Gasteiger partial charge on any atom is -0.419 e. The maximum atomic E-state index is 13.9. The molecule has 0 atom stereocenters. The van der Waals surface area contributed by atoms with Crippen LogP contribution in [-0.2, 0) is 6.54 Å².